The lowest BCUT2D eigenvalue weighted by Gasteiger charge is -2.27. The van der Waals surface area contributed by atoms with Gasteiger partial charge in [-0.05, 0) is 19.9 Å². The maximum atomic E-state index is 12.3. The second-order valence-corrected chi connectivity index (χ2v) is 5.56. The average molecular weight is 277 g/mol. The number of nitrogens with one attached hydrogen (secondary N) is 1. The molecule has 0 amide bonds. The highest BCUT2D eigenvalue weighted by molar-refractivity contribution is 4.77. The first-order valence-electron chi connectivity index (χ1n) is 7.81. The summed E-state index contributed by atoms with van der Waals surface area (Å²) in [5.74, 6) is 0. The van der Waals surface area contributed by atoms with Crippen LogP contribution in [0.5, 0.6) is 0 Å². The van der Waals surface area contributed by atoms with Crippen molar-refractivity contribution in [1.82, 2.24) is 5.32 Å². The summed E-state index contributed by atoms with van der Waals surface area (Å²) in [4.78, 5) is 0. The molecule has 1 N–H and O–H groups in total. The smallest absolute Gasteiger partial charge is 0.261 e. The lowest BCUT2D eigenvalue weighted by atomic mass is 9.96. The Morgan fingerprint density at radius 2 is 1.47 bits per heavy atom. The van der Waals surface area contributed by atoms with Crippen LogP contribution in [0.15, 0.2) is 0 Å². The van der Waals surface area contributed by atoms with E-state index >= 15 is 0 Å². The Labute approximate surface area is 116 Å². The number of halogens is 2. The second kappa shape index (κ2) is 10.6. The van der Waals surface area contributed by atoms with Crippen molar-refractivity contribution in [3.8, 4) is 0 Å². The summed E-state index contributed by atoms with van der Waals surface area (Å²) < 4.78 is 30.1. The summed E-state index contributed by atoms with van der Waals surface area (Å²) in [5.41, 5.74) is 0. The van der Waals surface area contributed by atoms with Crippen LogP contribution in [-0.2, 0) is 4.74 Å². The molecule has 4 heteroatoms. The van der Waals surface area contributed by atoms with Crippen molar-refractivity contribution in [2.24, 2.45) is 0 Å². The van der Waals surface area contributed by atoms with Crippen molar-refractivity contribution in [2.45, 2.75) is 82.8 Å². The standard InChI is InChI=1S/C15H29F2NO/c1-18-13-10-8-6-4-2-3-5-7-9-11-14(13)19-12-15(16)17/h13-15,18H,2-12H2,1H3. The van der Waals surface area contributed by atoms with Gasteiger partial charge in [0.1, 0.15) is 6.61 Å². The Morgan fingerprint density at radius 1 is 0.947 bits per heavy atom. The van der Waals surface area contributed by atoms with E-state index in [1.165, 1.54) is 44.9 Å². The normalized spacial score (nSPS) is 27.8. The molecule has 0 aliphatic heterocycles. The lowest BCUT2D eigenvalue weighted by Crippen LogP contribution is -2.40. The van der Waals surface area contributed by atoms with Crippen molar-refractivity contribution < 1.29 is 13.5 Å². The average Bonchev–Trinajstić information content (AvgIpc) is 2.38. The fourth-order valence-electron chi connectivity index (χ4n) is 2.88. The van der Waals surface area contributed by atoms with E-state index in [1.807, 2.05) is 7.05 Å². The van der Waals surface area contributed by atoms with Gasteiger partial charge in [0.05, 0.1) is 6.10 Å². The third-order valence-corrected chi connectivity index (χ3v) is 4.01. The predicted molar refractivity (Wildman–Crippen MR) is 74.8 cm³/mol. The maximum absolute atomic E-state index is 12.3. The van der Waals surface area contributed by atoms with Gasteiger partial charge in [0.2, 0.25) is 0 Å². The van der Waals surface area contributed by atoms with Gasteiger partial charge in [-0.25, -0.2) is 8.78 Å². The molecule has 0 aromatic heterocycles. The molecule has 1 aliphatic carbocycles. The molecule has 0 spiro atoms. The van der Waals surface area contributed by atoms with Crippen molar-refractivity contribution in [3.05, 3.63) is 0 Å². The molecule has 2 nitrogen and oxygen atoms in total. The molecule has 1 rings (SSSR count). The predicted octanol–water partition coefficient (Wildman–Crippen LogP) is 4.14. The van der Waals surface area contributed by atoms with Crippen molar-refractivity contribution in [1.29, 1.82) is 0 Å². The Kier molecular flexibility index (Phi) is 9.35. The van der Waals surface area contributed by atoms with Gasteiger partial charge in [0.15, 0.2) is 0 Å². The minimum Gasteiger partial charge on any atom is -0.371 e. The molecular weight excluding hydrogens is 248 g/mol. The largest absolute Gasteiger partial charge is 0.371 e. The number of rotatable bonds is 4. The SMILES string of the molecule is CNC1CCCCCCCCCCC1OCC(F)F. The summed E-state index contributed by atoms with van der Waals surface area (Å²) in [6.45, 7) is -0.428. The summed E-state index contributed by atoms with van der Waals surface area (Å²) in [6.07, 6.45) is 9.45. The molecule has 0 aromatic carbocycles. The van der Waals surface area contributed by atoms with Crippen LogP contribution in [0.25, 0.3) is 0 Å². The van der Waals surface area contributed by atoms with Crippen LogP contribution >= 0.6 is 0 Å². The van der Waals surface area contributed by atoms with Crippen LogP contribution < -0.4 is 5.32 Å². The first-order valence-corrected chi connectivity index (χ1v) is 7.81. The van der Waals surface area contributed by atoms with Gasteiger partial charge in [0.25, 0.3) is 6.43 Å². The molecule has 2 atom stereocenters. The zero-order chi connectivity index (χ0) is 13.9. The van der Waals surface area contributed by atoms with Gasteiger partial charge in [-0.1, -0.05) is 51.4 Å². The molecule has 1 saturated carbocycles. The number of ether oxygens (including phenoxy) is 1. The van der Waals surface area contributed by atoms with E-state index in [0.717, 1.165) is 19.3 Å². The fourth-order valence-corrected chi connectivity index (χ4v) is 2.88. The molecular formula is C15H29F2NO. The van der Waals surface area contributed by atoms with Gasteiger partial charge < -0.3 is 10.1 Å². The highest BCUT2D eigenvalue weighted by Gasteiger charge is 2.21. The van der Waals surface area contributed by atoms with Crippen LogP contribution in [0.4, 0.5) is 8.78 Å². The van der Waals surface area contributed by atoms with Gasteiger partial charge in [-0.2, -0.15) is 0 Å². The summed E-state index contributed by atoms with van der Waals surface area (Å²) in [5, 5.41) is 3.26. The lowest BCUT2D eigenvalue weighted by molar-refractivity contribution is -0.0423. The van der Waals surface area contributed by atoms with E-state index in [4.69, 9.17) is 4.74 Å². The molecule has 0 radical (unpaired) electrons. The third kappa shape index (κ3) is 7.83. The monoisotopic (exact) mass is 277 g/mol. The molecule has 1 aliphatic rings. The summed E-state index contributed by atoms with van der Waals surface area (Å²) >= 11 is 0. The Bertz CT molecular complexity index is 214. The highest BCUT2D eigenvalue weighted by atomic mass is 19.3. The van der Waals surface area contributed by atoms with Gasteiger partial charge in [-0.3, -0.25) is 0 Å². The molecule has 0 bridgehead atoms. The fraction of sp³-hybridized carbons (Fsp3) is 1.00. The van der Waals surface area contributed by atoms with Crippen molar-refractivity contribution in [2.75, 3.05) is 13.7 Å². The zero-order valence-corrected chi connectivity index (χ0v) is 12.2. The van der Waals surface area contributed by atoms with E-state index in [0.29, 0.717) is 0 Å². The number of hydrogen-bond acceptors (Lipinski definition) is 2. The van der Waals surface area contributed by atoms with Gasteiger partial charge >= 0.3 is 0 Å². The van der Waals surface area contributed by atoms with Crippen LogP contribution in [0.1, 0.15) is 64.2 Å². The molecule has 0 heterocycles. The summed E-state index contributed by atoms with van der Waals surface area (Å²) in [7, 11) is 1.91. The second-order valence-electron chi connectivity index (χ2n) is 5.56. The van der Waals surface area contributed by atoms with E-state index < -0.39 is 13.0 Å². The summed E-state index contributed by atoms with van der Waals surface area (Å²) in [6, 6.07) is 0.221. The van der Waals surface area contributed by atoms with Crippen molar-refractivity contribution >= 4 is 0 Å². The van der Waals surface area contributed by atoms with E-state index in [-0.39, 0.29) is 12.1 Å². The van der Waals surface area contributed by atoms with Gasteiger partial charge in [-0.15, -0.1) is 0 Å². The quantitative estimate of drug-likeness (QED) is 0.834. The zero-order valence-electron chi connectivity index (χ0n) is 12.2. The first kappa shape index (κ1) is 16.8. The third-order valence-electron chi connectivity index (χ3n) is 4.01. The van der Waals surface area contributed by atoms with Crippen LogP contribution in [-0.4, -0.2) is 32.2 Å². The topological polar surface area (TPSA) is 21.3 Å². The molecule has 19 heavy (non-hydrogen) atoms. The Hall–Kier alpha value is -0.220. The number of alkyl halides is 2. The van der Waals surface area contributed by atoms with E-state index in [1.54, 1.807) is 0 Å². The molecule has 0 aromatic rings. The Balaban J connectivity index is 2.46. The molecule has 1 fully saturated rings. The number of hydrogen-bond donors (Lipinski definition) is 1. The minimum atomic E-state index is -2.36. The van der Waals surface area contributed by atoms with Gasteiger partial charge in [0, 0.05) is 6.04 Å². The maximum Gasteiger partial charge on any atom is 0.261 e. The van der Waals surface area contributed by atoms with Crippen LogP contribution in [0, 0.1) is 0 Å². The molecule has 114 valence electrons. The first-order chi connectivity index (χ1) is 9.24. The molecule has 2 unspecified atom stereocenters. The van der Waals surface area contributed by atoms with E-state index in [9.17, 15) is 8.78 Å². The number of likely N-dealkylation sites (N-methyl/N-ethyl adjacent to an activating group) is 1. The van der Waals surface area contributed by atoms with Crippen molar-refractivity contribution in [3.63, 3.8) is 0 Å². The highest BCUT2D eigenvalue weighted by Crippen LogP contribution is 2.19. The van der Waals surface area contributed by atoms with E-state index in [2.05, 4.69) is 5.32 Å². The minimum absolute atomic E-state index is 0.0570. The van der Waals surface area contributed by atoms with Crippen LogP contribution in [0.3, 0.4) is 0 Å². The molecule has 0 saturated heterocycles. The van der Waals surface area contributed by atoms with Crippen LogP contribution in [0.2, 0.25) is 0 Å². The Morgan fingerprint density at radius 3 is 2.00 bits per heavy atom.